The summed E-state index contributed by atoms with van der Waals surface area (Å²) in [5, 5.41) is 10.4. The maximum absolute atomic E-state index is 10.4. The second-order valence-electron chi connectivity index (χ2n) is 6.20. The number of benzene rings is 1. The Morgan fingerprint density at radius 2 is 1.41 bits per heavy atom. The van der Waals surface area contributed by atoms with Gasteiger partial charge in [-0.15, -0.1) is 0 Å². The van der Waals surface area contributed by atoms with E-state index < -0.39 is 5.60 Å². The van der Waals surface area contributed by atoms with Gasteiger partial charge in [-0.05, 0) is 29.9 Å². The summed E-state index contributed by atoms with van der Waals surface area (Å²) in [6.45, 7) is 10.7. The Labute approximate surface area is 106 Å². The van der Waals surface area contributed by atoms with Gasteiger partial charge in [-0.1, -0.05) is 64.8 Å². The first-order chi connectivity index (χ1) is 7.77. The van der Waals surface area contributed by atoms with Crippen LogP contribution in [0.3, 0.4) is 0 Å². The molecular weight excluding hydrogens is 208 g/mol. The summed E-state index contributed by atoms with van der Waals surface area (Å²) in [6.07, 6.45) is 3.02. The number of rotatable bonds is 4. The van der Waals surface area contributed by atoms with Crippen LogP contribution < -0.4 is 0 Å². The van der Waals surface area contributed by atoms with E-state index in [0.29, 0.717) is 0 Å². The molecule has 1 nitrogen and oxygen atoms in total. The molecule has 0 aromatic heterocycles. The van der Waals surface area contributed by atoms with Gasteiger partial charge in [0.1, 0.15) is 0 Å². The van der Waals surface area contributed by atoms with Crippen LogP contribution in [0.2, 0.25) is 0 Å². The molecule has 1 atom stereocenters. The molecule has 0 aliphatic heterocycles. The SMILES string of the molecule is CCCCC(C)(O)c1ccc(C(C)(C)C)cc1. The molecule has 96 valence electrons. The van der Waals surface area contributed by atoms with Gasteiger partial charge < -0.3 is 5.11 Å². The first-order valence-electron chi connectivity index (χ1n) is 6.61. The topological polar surface area (TPSA) is 20.2 Å². The molecule has 1 rings (SSSR count). The fourth-order valence-electron chi connectivity index (χ4n) is 1.99. The van der Waals surface area contributed by atoms with Crippen LogP contribution in [0.5, 0.6) is 0 Å². The molecule has 1 heteroatoms. The molecule has 1 unspecified atom stereocenters. The molecule has 0 spiro atoms. The van der Waals surface area contributed by atoms with Crippen LogP contribution in [0.4, 0.5) is 0 Å². The van der Waals surface area contributed by atoms with Gasteiger partial charge in [0.2, 0.25) is 0 Å². The lowest BCUT2D eigenvalue weighted by Crippen LogP contribution is -2.21. The van der Waals surface area contributed by atoms with Crippen LogP contribution in [-0.2, 0) is 11.0 Å². The summed E-state index contributed by atoms with van der Waals surface area (Å²) in [5.41, 5.74) is 1.83. The van der Waals surface area contributed by atoms with Crippen molar-refractivity contribution in [2.24, 2.45) is 0 Å². The molecule has 0 aliphatic rings. The van der Waals surface area contributed by atoms with E-state index in [-0.39, 0.29) is 5.41 Å². The Morgan fingerprint density at radius 1 is 0.941 bits per heavy atom. The van der Waals surface area contributed by atoms with Crippen LogP contribution in [0.25, 0.3) is 0 Å². The molecule has 0 saturated heterocycles. The van der Waals surface area contributed by atoms with Gasteiger partial charge in [-0.2, -0.15) is 0 Å². The Morgan fingerprint density at radius 3 is 1.82 bits per heavy atom. The van der Waals surface area contributed by atoms with E-state index in [1.165, 1.54) is 5.56 Å². The number of hydrogen-bond donors (Lipinski definition) is 1. The monoisotopic (exact) mass is 234 g/mol. The maximum Gasteiger partial charge on any atom is 0.0868 e. The summed E-state index contributed by atoms with van der Waals surface area (Å²) in [4.78, 5) is 0. The second-order valence-corrected chi connectivity index (χ2v) is 6.20. The van der Waals surface area contributed by atoms with Crippen molar-refractivity contribution >= 4 is 0 Å². The van der Waals surface area contributed by atoms with Crippen LogP contribution >= 0.6 is 0 Å². The van der Waals surface area contributed by atoms with Gasteiger partial charge >= 0.3 is 0 Å². The zero-order valence-corrected chi connectivity index (χ0v) is 11.9. The third-order valence-corrected chi connectivity index (χ3v) is 3.39. The van der Waals surface area contributed by atoms with Crippen molar-refractivity contribution in [2.75, 3.05) is 0 Å². The first kappa shape index (κ1) is 14.2. The van der Waals surface area contributed by atoms with Crippen molar-refractivity contribution in [3.63, 3.8) is 0 Å². The maximum atomic E-state index is 10.4. The second kappa shape index (κ2) is 5.22. The van der Waals surface area contributed by atoms with E-state index in [1.54, 1.807) is 0 Å². The van der Waals surface area contributed by atoms with E-state index in [0.717, 1.165) is 24.8 Å². The molecule has 1 aromatic carbocycles. The standard InChI is InChI=1S/C16H26O/c1-6-7-12-16(5,17)14-10-8-13(9-11-14)15(2,3)4/h8-11,17H,6-7,12H2,1-5H3. The van der Waals surface area contributed by atoms with E-state index in [4.69, 9.17) is 0 Å². The molecule has 0 amide bonds. The lowest BCUT2D eigenvalue weighted by atomic mass is 9.84. The zero-order valence-electron chi connectivity index (χ0n) is 11.9. The van der Waals surface area contributed by atoms with Crippen molar-refractivity contribution in [3.05, 3.63) is 35.4 Å². The van der Waals surface area contributed by atoms with Crippen molar-refractivity contribution in [1.82, 2.24) is 0 Å². The third-order valence-electron chi connectivity index (χ3n) is 3.39. The number of aliphatic hydroxyl groups is 1. The average Bonchev–Trinajstić information content (AvgIpc) is 2.25. The fraction of sp³-hybridized carbons (Fsp3) is 0.625. The van der Waals surface area contributed by atoms with Gasteiger partial charge in [0, 0.05) is 0 Å². The van der Waals surface area contributed by atoms with E-state index in [1.807, 2.05) is 6.92 Å². The van der Waals surface area contributed by atoms with Gasteiger partial charge in [0.15, 0.2) is 0 Å². The van der Waals surface area contributed by atoms with Crippen LogP contribution in [-0.4, -0.2) is 5.11 Å². The zero-order chi connectivity index (χ0) is 13.1. The summed E-state index contributed by atoms with van der Waals surface area (Å²) in [6, 6.07) is 8.40. The van der Waals surface area contributed by atoms with Gasteiger partial charge in [0.25, 0.3) is 0 Å². The molecule has 0 radical (unpaired) electrons. The predicted molar refractivity (Wildman–Crippen MR) is 74.2 cm³/mol. The highest BCUT2D eigenvalue weighted by Crippen LogP contribution is 2.29. The highest BCUT2D eigenvalue weighted by atomic mass is 16.3. The van der Waals surface area contributed by atoms with Crippen molar-refractivity contribution in [2.45, 2.75) is 64.9 Å². The minimum Gasteiger partial charge on any atom is -0.385 e. The predicted octanol–water partition coefficient (Wildman–Crippen LogP) is 4.38. The average molecular weight is 234 g/mol. The highest BCUT2D eigenvalue weighted by Gasteiger charge is 2.23. The van der Waals surface area contributed by atoms with Crippen molar-refractivity contribution in [3.8, 4) is 0 Å². The smallest absolute Gasteiger partial charge is 0.0868 e. The van der Waals surface area contributed by atoms with E-state index in [2.05, 4.69) is 52.0 Å². The Kier molecular flexibility index (Phi) is 4.37. The summed E-state index contributed by atoms with van der Waals surface area (Å²) >= 11 is 0. The van der Waals surface area contributed by atoms with Crippen molar-refractivity contribution in [1.29, 1.82) is 0 Å². The van der Waals surface area contributed by atoms with Gasteiger partial charge in [-0.25, -0.2) is 0 Å². The first-order valence-corrected chi connectivity index (χ1v) is 6.61. The van der Waals surface area contributed by atoms with E-state index in [9.17, 15) is 5.11 Å². The Balaban J connectivity index is 2.87. The molecule has 17 heavy (non-hydrogen) atoms. The van der Waals surface area contributed by atoms with Crippen LogP contribution in [0, 0.1) is 0 Å². The lowest BCUT2D eigenvalue weighted by molar-refractivity contribution is 0.0453. The van der Waals surface area contributed by atoms with Gasteiger partial charge in [-0.3, -0.25) is 0 Å². The molecule has 0 bridgehead atoms. The largest absolute Gasteiger partial charge is 0.385 e. The van der Waals surface area contributed by atoms with Gasteiger partial charge in [0.05, 0.1) is 5.60 Å². The minimum atomic E-state index is -0.688. The molecule has 0 heterocycles. The summed E-state index contributed by atoms with van der Waals surface area (Å²) in [7, 11) is 0. The summed E-state index contributed by atoms with van der Waals surface area (Å²) in [5.74, 6) is 0. The minimum absolute atomic E-state index is 0.174. The summed E-state index contributed by atoms with van der Waals surface area (Å²) < 4.78 is 0. The third kappa shape index (κ3) is 3.85. The Bertz CT molecular complexity index is 341. The number of hydrogen-bond acceptors (Lipinski definition) is 1. The molecule has 0 aliphatic carbocycles. The molecular formula is C16H26O. The molecule has 0 saturated carbocycles. The molecule has 1 N–H and O–H groups in total. The molecule has 0 fully saturated rings. The fourth-order valence-corrected chi connectivity index (χ4v) is 1.99. The highest BCUT2D eigenvalue weighted by molar-refractivity contribution is 5.30. The van der Waals surface area contributed by atoms with Crippen LogP contribution in [0.1, 0.15) is 65.0 Å². The molecule has 1 aromatic rings. The van der Waals surface area contributed by atoms with E-state index >= 15 is 0 Å². The van der Waals surface area contributed by atoms with Crippen molar-refractivity contribution < 1.29 is 5.11 Å². The van der Waals surface area contributed by atoms with Crippen LogP contribution in [0.15, 0.2) is 24.3 Å². The lowest BCUT2D eigenvalue weighted by Gasteiger charge is -2.25. The quantitative estimate of drug-likeness (QED) is 0.819. The normalized spacial score (nSPS) is 15.6. The Hall–Kier alpha value is -0.820. The number of unbranched alkanes of at least 4 members (excludes halogenated alkanes) is 1.